The highest BCUT2D eigenvalue weighted by molar-refractivity contribution is 7.90. The van der Waals surface area contributed by atoms with E-state index in [0.717, 1.165) is 11.1 Å². The van der Waals surface area contributed by atoms with Gasteiger partial charge in [0.2, 0.25) is 0 Å². The largest absolute Gasteiger partial charge is 0.494 e. The third-order valence-corrected chi connectivity index (χ3v) is 5.23. The molecule has 0 bridgehead atoms. The minimum atomic E-state index is -3.19. The van der Waals surface area contributed by atoms with Gasteiger partial charge in [-0.2, -0.15) is 0 Å². The number of methoxy groups -OCH3 is 1. The molecule has 2 aromatic carbocycles. The predicted molar refractivity (Wildman–Crippen MR) is 92.4 cm³/mol. The number of halogens is 1. The molecule has 1 atom stereocenters. The van der Waals surface area contributed by atoms with Gasteiger partial charge in [0.15, 0.2) is 21.4 Å². The van der Waals surface area contributed by atoms with Gasteiger partial charge < -0.3 is 4.74 Å². The lowest BCUT2D eigenvalue weighted by Gasteiger charge is -2.25. The highest BCUT2D eigenvalue weighted by atomic mass is 32.2. The maximum Gasteiger partial charge on any atom is 0.175 e. The molecular formula is C18H22FNO3S. The molecule has 0 aliphatic rings. The normalized spacial score (nSPS) is 13.1. The van der Waals surface area contributed by atoms with Crippen molar-refractivity contribution in [2.24, 2.45) is 0 Å². The summed E-state index contributed by atoms with van der Waals surface area (Å²) in [7, 11) is 0.186. The maximum atomic E-state index is 13.8. The van der Waals surface area contributed by atoms with Crippen LogP contribution in [-0.2, 0) is 16.4 Å². The van der Waals surface area contributed by atoms with Crippen molar-refractivity contribution in [3.63, 3.8) is 0 Å². The first-order valence-corrected chi connectivity index (χ1v) is 9.44. The van der Waals surface area contributed by atoms with Crippen LogP contribution in [0.5, 0.6) is 5.75 Å². The molecule has 0 radical (unpaired) electrons. The maximum absolute atomic E-state index is 13.8. The van der Waals surface area contributed by atoms with Crippen molar-refractivity contribution in [3.05, 3.63) is 59.4 Å². The van der Waals surface area contributed by atoms with Crippen molar-refractivity contribution < 1.29 is 17.5 Å². The summed E-state index contributed by atoms with van der Waals surface area (Å²) < 4.78 is 41.7. The predicted octanol–water partition coefficient (Wildman–Crippen LogP) is 3.43. The van der Waals surface area contributed by atoms with E-state index in [0.29, 0.717) is 11.4 Å². The zero-order chi connectivity index (χ0) is 17.9. The van der Waals surface area contributed by atoms with Crippen LogP contribution >= 0.6 is 0 Å². The Kier molecular flexibility index (Phi) is 5.62. The highest BCUT2D eigenvalue weighted by Gasteiger charge is 2.14. The van der Waals surface area contributed by atoms with Crippen molar-refractivity contribution in [1.82, 2.24) is 4.90 Å². The van der Waals surface area contributed by atoms with Gasteiger partial charge in [0.1, 0.15) is 0 Å². The number of sulfone groups is 1. The molecule has 0 saturated carbocycles. The van der Waals surface area contributed by atoms with Crippen LogP contribution in [0.1, 0.15) is 24.1 Å². The van der Waals surface area contributed by atoms with Gasteiger partial charge in [0, 0.05) is 18.8 Å². The Balaban J connectivity index is 2.11. The average Bonchev–Trinajstić information content (AvgIpc) is 2.53. The molecule has 0 aliphatic heterocycles. The first kappa shape index (κ1) is 18.4. The van der Waals surface area contributed by atoms with Crippen molar-refractivity contribution in [2.45, 2.75) is 24.4 Å². The topological polar surface area (TPSA) is 46.6 Å². The first-order chi connectivity index (χ1) is 11.2. The third-order valence-electron chi connectivity index (χ3n) is 4.10. The van der Waals surface area contributed by atoms with Crippen LogP contribution in [0.4, 0.5) is 4.39 Å². The lowest BCUT2D eigenvalue weighted by atomic mass is 10.1. The fourth-order valence-electron chi connectivity index (χ4n) is 2.48. The number of nitrogens with zero attached hydrogens (tertiary/aromatic N) is 1. The molecule has 24 heavy (non-hydrogen) atoms. The Bertz CT molecular complexity index is 804. The van der Waals surface area contributed by atoms with E-state index in [-0.39, 0.29) is 17.6 Å². The summed E-state index contributed by atoms with van der Waals surface area (Å²) >= 11 is 0. The van der Waals surface area contributed by atoms with Gasteiger partial charge in [-0.1, -0.05) is 18.2 Å². The molecule has 2 aromatic rings. The lowest BCUT2D eigenvalue weighted by molar-refractivity contribution is 0.252. The summed E-state index contributed by atoms with van der Waals surface area (Å²) in [6.07, 6.45) is 1.19. The average molecular weight is 351 g/mol. The Hall–Kier alpha value is -1.92. The first-order valence-electron chi connectivity index (χ1n) is 7.55. The molecule has 0 aromatic heterocycles. The van der Waals surface area contributed by atoms with E-state index >= 15 is 0 Å². The van der Waals surface area contributed by atoms with Crippen LogP contribution < -0.4 is 4.74 Å². The monoisotopic (exact) mass is 351 g/mol. The summed E-state index contributed by atoms with van der Waals surface area (Å²) in [5.41, 5.74) is 1.84. The number of hydrogen-bond donors (Lipinski definition) is 0. The summed E-state index contributed by atoms with van der Waals surface area (Å²) in [5, 5.41) is 0. The molecule has 0 fully saturated rings. The van der Waals surface area contributed by atoms with E-state index in [4.69, 9.17) is 4.74 Å². The second-order valence-corrected chi connectivity index (χ2v) is 7.92. The molecule has 0 amide bonds. The standard InChI is InChI=1S/C18H22FNO3S/c1-13(15-6-8-16(9-7-15)24(4,21)22)20(2)12-14-5-10-18(23-3)17(19)11-14/h5-11,13H,12H2,1-4H3/t13-/m1/s1. The minimum absolute atomic E-state index is 0.0590. The van der Waals surface area contributed by atoms with Crippen molar-refractivity contribution in [2.75, 3.05) is 20.4 Å². The Morgan fingerprint density at radius 3 is 2.29 bits per heavy atom. The number of benzene rings is 2. The van der Waals surface area contributed by atoms with Gasteiger partial charge in [0.25, 0.3) is 0 Å². The van der Waals surface area contributed by atoms with Crippen LogP contribution in [0, 0.1) is 5.82 Å². The van der Waals surface area contributed by atoms with E-state index < -0.39 is 9.84 Å². The van der Waals surface area contributed by atoms with E-state index in [1.165, 1.54) is 19.4 Å². The van der Waals surface area contributed by atoms with Crippen molar-refractivity contribution >= 4 is 9.84 Å². The Labute approximate surface area is 142 Å². The molecular weight excluding hydrogens is 329 g/mol. The Morgan fingerprint density at radius 1 is 1.17 bits per heavy atom. The van der Waals surface area contributed by atoms with Gasteiger partial charge in [-0.15, -0.1) is 0 Å². The molecule has 0 unspecified atom stereocenters. The van der Waals surface area contributed by atoms with Crippen molar-refractivity contribution in [3.8, 4) is 5.75 Å². The fraction of sp³-hybridized carbons (Fsp3) is 0.333. The summed E-state index contributed by atoms with van der Waals surface area (Å²) in [4.78, 5) is 2.37. The summed E-state index contributed by atoms with van der Waals surface area (Å²) in [5.74, 6) is -0.153. The highest BCUT2D eigenvalue weighted by Crippen LogP contribution is 2.24. The van der Waals surface area contributed by atoms with Gasteiger partial charge >= 0.3 is 0 Å². The molecule has 130 valence electrons. The lowest BCUT2D eigenvalue weighted by Crippen LogP contribution is -2.22. The molecule has 0 heterocycles. The number of hydrogen-bond acceptors (Lipinski definition) is 4. The number of ether oxygens (including phenoxy) is 1. The quantitative estimate of drug-likeness (QED) is 0.800. The van der Waals surface area contributed by atoms with Crippen molar-refractivity contribution in [1.29, 1.82) is 0 Å². The van der Waals surface area contributed by atoms with Gasteiger partial charge in [-0.05, 0) is 49.4 Å². The molecule has 2 rings (SSSR count). The molecule has 0 spiro atoms. The fourth-order valence-corrected chi connectivity index (χ4v) is 3.11. The SMILES string of the molecule is COc1ccc(CN(C)[C@H](C)c2ccc(S(C)(=O)=O)cc2)cc1F. The summed E-state index contributed by atoms with van der Waals surface area (Å²) in [6, 6.07) is 11.8. The van der Waals surface area contributed by atoms with Gasteiger partial charge in [-0.25, -0.2) is 12.8 Å². The van der Waals surface area contributed by atoms with Gasteiger partial charge in [-0.3, -0.25) is 4.90 Å². The molecule has 6 heteroatoms. The zero-order valence-corrected chi connectivity index (χ0v) is 15.1. The second-order valence-electron chi connectivity index (χ2n) is 5.90. The second kappa shape index (κ2) is 7.32. The van der Waals surface area contributed by atoms with Crippen LogP contribution in [-0.4, -0.2) is 33.7 Å². The molecule has 0 N–H and O–H groups in total. The smallest absolute Gasteiger partial charge is 0.175 e. The third kappa shape index (κ3) is 4.33. The number of rotatable bonds is 6. The zero-order valence-electron chi connectivity index (χ0n) is 14.3. The van der Waals surface area contributed by atoms with E-state index in [9.17, 15) is 12.8 Å². The molecule has 4 nitrogen and oxygen atoms in total. The molecule has 0 aliphatic carbocycles. The molecule has 0 saturated heterocycles. The van der Waals surface area contributed by atoms with Crippen LogP contribution in [0.15, 0.2) is 47.4 Å². The summed E-state index contributed by atoms with van der Waals surface area (Å²) in [6.45, 7) is 2.59. The van der Waals surface area contributed by atoms with Crippen LogP contribution in [0.2, 0.25) is 0 Å². The van der Waals surface area contributed by atoms with E-state index in [1.807, 2.05) is 32.2 Å². The van der Waals surface area contributed by atoms with E-state index in [2.05, 4.69) is 4.90 Å². The van der Waals surface area contributed by atoms with Crippen LogP contribution in [0.25, 0.3) is 0 Å². The van der Waals surface area contributed by atoms with Crippen LogP contribution in [0.3, 0.4) is 0 Å². The van der Waals surface area contributed by atoms with E-state index in [1.54, 1.807) is 18.2 Å². The minimum Gasteiger partial charge on any atom is -0.494 e. The van der Waals surface area contributed by atoms with Gasteiger partial charge in [0.05, 0.1) is 12.0 Å². The Morgan fingerprint density at radius 2 is 1.79 bits per heavy atom.